The van der Waals surface area contributed by atoms with Crippen LogP contribution < -0.4 is 4.80 Å². The summed E-state index contributed by atoms with van der Waals surface area (Å²) < 4.78 is 41.1. The first kappa shape index (κ1) is 19.8. The molecule has 0 aliphatic rings. The zero-order valence-electron chi connectivity index (χ0n) is 14.8. The van der Waals surface area contributed by atoms with E-state index in [1.807, 2.05) is 6.92 Å². The van der Waals surface area contributed by atoms with Crippen LogP contribution in [-0.2, 0) is 11.0 Å². The molecule has 1 N–H and O–H groups in total. The molecule has 1 aromatic heterocycles. The summed E-state index contributed by atoms with van der Waals surface area (Å²) in [5, 5.41) is 9.38. The Morgan fingerprint density at radius 3 is 2.36 bits per heavy atom. The Bertz CT molecular complexity index is 1130. The molecular weight excluding hydrogens is 393 g/mol. The number of thiazole rings is 1. The number of rotatable bonds is 3. The SMILES string of the molecule is Cc1ccc(C(=O)N=c2sc3c(C(F)(F)F)cccc3n2C(C)C(=O)O)cc1. The Morgan fingerprint density at radius 2 is 1.79 bits per heavy atom. The highest BCUT2D eigenvalue weighted by atomic mass is 32.1. The van der Waals surface area contributed by atoms with E-state index in [0.717, 1.165) is 16.2 Å². The number of fused-ring (bicyclic) bond motifs is 1. The molecule has 1 heterocycles. The molecule has 0 aliphatic carbocycles. The van der Waals surface area contributed by atoms with E-state index in [9.17, 15) is 27.9 Å². The topological polar surface area (TPSA) is 71.7 Å². The van der Waals surface area contributed by atoms with Gasteiger partial charge in [0, 0.05) is 5.56 Å². The number of nitrogens with zero attached hydrogens (tertiary/aromatic N) is 2. The van der Waals surface area contributed by atoms with Gasteiger partial charge in [-0.05, 0) is 38.1 Å². The first-order chi connectivity index (χ1) is 13.1. The molecule has 5 nitrogen and oxygen atoms in total. The molecule has 3 aromatic rings. The first-order valence-corrected chi connectivity index (χ1v) is 9.01. The molecule has 28 heavy (non-hydrogen) atoms. The molecule has 0 radical (unpaired) electrons. The summed E-state index contributed by atoms with van der Waals surface area (Å²) in [5.41, 5.74) is 0.354. The third kappa shape index (κ3) is 3.70. The van der Waals surface area contributed by atoms with Gasteiger partial charge in [0.15, 0.2) is 4.80 Å². The third-order valence-corrected chi connectivity index (χ3v) is 5.30. The van der Waals surface area contributed by atoms with Gasteiger partial charge in [-0.3, -0.25) is 4.79 Å². The van der Waals surface area contributed by atoms with Gasteiger partial charge >= 0.3 is 12.1 Å². The number of carbonyl (C=O) groups excluding carboxylic acids is 1. The Hall–Kier alpha value is -2.94. The molecule has 2 aromatic carbocycles. The maximum absolute atomic E-state index is 13.4. The minimum Gasteiger partial charge on any atom is -0.480 e. The fraction of sp³-hybridized carbons (Fsp3) is 0.211. The molecule has 0 bridgehead atoms. The lowest BCUT2D eigenvalue weighted by Gasteiger charge is -2.11. The van der Waals surface area contributed by atoms with E-state index in [1.54, 1.807) is 24.3 Å². The quantitative estimate of drug-likeness (QED) is 0.698. The number of carboxylic acids is 1. The molecule has 3 rings (SSSR count). The van der Waals surface area contributed by atoms with Crippen LogP contribution >= 0.6 is 11.3 Å². The number of hydrogen-bond acceptors (Lipinski definition) is 3. The van der Waals surface area contributed by atoms with E-state index in [-0.39, 0.29) is 20.6 Å². The lowest BCUT2D eigenvalue weighted by atomic mass is 10.1. The van der Waals surface area contributed by atoms with E-state index >= 15 is 0 Å². The number of carboxylic acid groups (broad SMARTS) is 1. The summed E-state index contributed by atoms with van der Waals surface area (Å²) in [6, 6.07) is 8.83. The third-order valence-electron chi connectivity index (χ3n) is 4.20. The van der Waals surface area contributed by atoms with Crippen molar-refractivity contribution in [3.8, 4) is 0 Å². The van der Waals surface area contributed by atoms with E-state index in [1.165, 1.54) is 19.1 Å². The van der Waals surface area contributed by atoms with Crippen LogP contribution in [0.5, 0.6) is 0 Å². The summed E-state index contributed by atoms with van der Waals surface area (Å²) in [6.07, 6.45) is -4.62. The van der Waals surface area contributed by atoms with Crippen LogP contribution in [-0.4, -0.2) is 21.6 Å². The number of aromatic nitrogens is 1. The van der Waals surface area contributed by atoms with Crippen LogP contribution in [0.1, 0.15) is 34.5 Å². The highest BCUT2D eigenvalue weighted by molar-refractivity contribution is 7.16. The van der Waals surface area contributed by atoms with Gasteiger partial charge in [-0.15, -0.1) is 0 Å². The maximum Gasteiger partial charge on any atom is 0.417 e. The Labute approximate surface area is 161 Å². The summed E-state index contributed by atoms with van der Waals surface area (Å²) in [6.45, 7) is 3.17. The average Bonchev–Trinajstić information content (AvgIpc) is 2.98. The van der Waals surface area contributed by atoms with Gasteiger partial charge in [0.05, 0.1) is 15.8 Å². The van der Waals surface area contributed by atoms with Crippen molar-refractivity contribution < 1.29 is 27.9 Å². The second kappa shape index (κ2) is 7.23. The largest absolute Gasteiger partial charge is 0.480 e. The fourth-order valence-electron chi connectivity index (χ4n) is 2.70. The number of halogens is 3. The minimum atomic E-state index is -4.62. The van der Waals surface area contributed by atoms with Crippen molar-refractivity contribution in [3.63, 3.8) is 0 Å². The first-order valence-electron chi connectivity index (χ1n) is 8.19. The Kier molecular flexibility index (Phi) is 5.12. The molecule has 9 heteroatoms. The van der Waals surface area contributed by atoms with Crippen LogP contribution in [0, 0.1) is 6.92 Å². The smallest absolute Gasteiger partial charge is 0.417 e. The standard InChI is InChI=1S/C19H15F3N2O3S/c1-10-6-8-12(9-7-10)16(25)23-18-24(11(2)17(26)27)14-5-3-4-13(15(14)28-18)19(20,21)22/h3-9,11H,1-2H3,(H,26,27). The van der Waals surface area contributed by atoms with E-state index in [2.05, 4.69) is 4.99 Å². The molecule has 1 atom stereocenters. The summed E-state index contributed by atoms with van der Waals surface area (Å²) >= 11 is 0.641. The number of hydrogen-bond donors (Lipinski definition) is 1. The molecule has 0 spiro atoms. The normalized spacial score (nSPS) is 13.7. The molecule has 0 saturated heterocycles. The number of aryl methyl sites for hydroxylation is 1. The predicted octanol–water partition coefficient (Wildman–Crippen LogP) is 4.42. The van der Waals surface area contributed by atoms with Crippen LogP contribution in [0.15, 0.2) is 47.5 Å². The number of alkyl halides is 3. The lowest BCUT2D eigenvalue weighted by molar-refractivity contribution is -0.140. The molecule has 0 saturated carbocycles. The van der Waals surface area contributed by atoms with Crippen LogP contribution in [0.3, 0.4) is 0 Å². The molecule has 1 amide bonds. The van der Waals surface area contributed by atoms with Gasteiger partial charge < -0.3 is 9.67 Å². The molecule has 0 fully saturated rings. The van der Waals surface area contributed by atoms with Crippen LogP contribution in [0.25, 0.3) is 10.2 Å². The van der Waals surface area contributed by atoms with Crippen LogP contribution in [0.2, 0.25) is 0 Å². The number of benzene rings is 2. The number of amides is 1. The average molecular weight is 408 g/mol. The van der Waals surface area contributed by atoms with Crippen molar-refractivity contribution in [1.29, 1.82) is 0 Å². The molecule has 146 valence electrons. The van der Waals surface area contributed by atoms with E-state index in [0.29, 0.717) is 11.3 Å². The Morgan fingerprint density at radius 1 is 1.14 bits per heavy atom. The minimum absolute atomic E-state index is 0.0604. The van der Waals surface area contributed by atoms with Gasteiger partial charge in [-0.25, -0.2) is 4.79 Å². The van der Waals surface area contributed by atoms with Gasteiger partial charge in [0.1, 0.15) is 6.04 Å². The van der Waals surface area contributed by atoms with Gasteiger partial charge in [0.2, 0.25) is 0 Å². The zero-order chi connectivity index (χ0) is 20.6. The molecular formula is C19H15F3N2O3S. The van der Waals surface area contributed by atoms with E-state index < -0.39 is 29.7 Å². The van der Waals surface area contributed by atoms with Crippen molar-refractivity contribution in [2.24, 2.45) is 4.99 Å². The van der Waals surface area contributed by atoms with Gasteiger partial charge in [0.25, 0.3) is 5.91 Å². The molecule has 1 unspecified atom stereocenters. The van der Waals surface area contributed by atoms with Gasteiger partial charge in [-0.1, -0.05) is 35.1 Å². The van der Waals surface area contributed by atoms with Crippen molar-refractivity contribution in [2.75, 3.05) is 0 Å². The van der Waals surface area contributed by atoms with Crippen molar-refractivity contribution in [3.05, 3.63) is 64.0 Å². The van der Waals surface area contributed by atoms with Crippen molar-refractivity contribution in [1.82, 2.24) is 4.57 Å². The second-order valence-corrected chi connectivity index (χ2v) is 7.18. The highest BCUT2D eigenvalue weighted by Gasteiger charge is 2.34. The number of carbonyl (C=O) groups is 2. The van der Waals surface area contributed by atoms with Crippen molar-refractivity contribution >= 4 is 33.4 Å². The Balaban J connectivity index is 2.28. The maximum atomic E-state index is 13.4. The predicted molar refractivity (Wildman–Crippen MR) is 98.2 cm³/mol. The summed E-state index contributed by atoms with van der Waals surface area (Å²) in [7, 11) is 0. The van der Waals surface area contributed by atoms with Crippen molar-refractivity contribution in [2.45, 2.75) is 26.1 Å². The zero-order valence-corrected chi connectivity index (χ0v) is 15.6. The lowest BCUT2D eigenvalue weighted by Crippen LogP contribution is -2.25. The fourth-order valence-corrected chi connectivity index (χ4v) is 3.93. The summed E-state index contributed by atoms with van der Waals surface area (Å²) in [4.78, 5) is 27.8. The monoisotopic (exact) mass is 408 g/mol. The highest BCUT2D eigenvalue weighted by Crippen LogP contribution is 2.36. The summed E-state index contributed by atoms with van der Waals surface area (Å²) in [5.74, 6) is -1.91. The van der Waals surface area contributed by atoms with Gasteiger partial charge in [-0.2, -0.15) is 18.2 Å². The molecule has 0 aliphatic heterocycles. The van der Waals surface area contributed by atoms with Crippen LogP contribution in [0.4, 0.5) is 13.2 Å². The number of aliphatic carboxylic acids is 1. The second-order valence-electron chi connectivity index (χ2n) is 6.20. The van der Waals surface area contributed by atoms with E-state index in [4.69, 9.17) is 0 Å².